The number of benzene rings is 3. The number of nitrogens with zero attached hydrogens (tertiary/aromatic N) is 2. The van der Waals surface area contributed by atoms with E-state index in [4.69, 9.17) is 14.1 Å². The lowest BCUT2D eigenvalue weighted by Crippen LogP contribution is -2.31. The normalized spacial score (nSPS) is 15.4. The first-order valence-electron chi connectivity index (χ1n) is 12.2. The van der Waals surface area contributed by atoms with Gasteiger partial charge in [0.2, 0.25) is 0 Å². The smallest absolute Gasteiger partial charge is 0.337 e. The number of hydrogen-bond donors (Lipinski definition) is 0. The Labute approximate surface area is 225 Å². The minimum Gasteiger partial charge on any atom is -0.465 e. The van der Waals surface area contributed by atoms with Crippen LogP contribution in [0, 0.1) is 6.92 Å². The van der Waals surface area contributed by atoms with Crippen molar-refractivity contribution in [1.82, 2.24) is 4.90 Å². The highest BCUT2D eigenvalue weighted by molar-refractivity contribution is 8.18. The maximum atomic E-state index is 13.5. The van der Waals surface area contributed by atoms with E-state index in [2.05, 4.69) is 12.1 Å². The van der Waals surface area contributed by atoms with Crippen LogP contribution in [0.15, 0.2) is 105 Å². The van der Waals surface area contributed by atoms with E-state index in [0.29, 0.717) is 33.7 Å². The molecular formula is C31H26N2O4S. The first kappa shape index (κ1) is 25.3. The van der Waals surface area contributed by atoms with Crippen molar-refractivity contribution in [2.45, 2.75) is 13.3 Å². The minimum absolute atomic E-state index is 0.0998. The van der Waals surface area contributed by atoms with Crippen molar-refractivity contribution in [1.29, 1.82) is 0 Å². The molecule has 1 aromatic heterocycles. The van der Waals surface area contributed by atoms with Crippen molar-refractivity contribution in [2.75, 3.05) is 13.7 Å². The average Bonchev–Trinajstić information content (AvgIpc) is 3.53. The van der Waals surface area contributed by atoms with Crippen molar-refractivity contribution in [3.8, 4) is 11.3 Å². The third kappa shape index (κ3) is 5.79. The lowest BCUT2D eigenvalue weighted by molar-refractivity contribution is -0.122. The number of aryl methyl sites for hydroxylation is 1. The summed E-state index contributed by atoms with van der Waals surface area (Å²) < 4.78 is 10.8. The number of amidine groups is 1. The predicted octanol–water partition coefficient (Wildman–Crippen LogP) is 6.89. The van der Waals surface area contributed by atoms with E-state index in [0.717, 1.165) is 28.8 Å². The van der Waals surface area contributed by atoms with Gasteiger partial charge >= 0.3 is 5.97 Å². The van der Waals surface area contributed by atoms with Gasteiger partial charge in [0, 0.05) is 18.2 Å². The van der Waals surface area contributed by atoms with Crippen LogP contribution in [-0.2, 0) is 16.0 Å². The number of amides is 1. The van der Waals surface area contributed by atoms with Crippen LogP contribution < -0.4 is 0 Å². The molecule has 1 saturated heterocycles. The Morgan fingerprint density at radius 3 is 2.42 bits per heavy atom. The molecule has 1 fully saturated rings. The van der Waals surface area contributed by atoms with Crippen LogP contribution in [0.1, 0.15) is 27.2 Å². The van der Waals surface area contributed by atoms with Gasteiger partial charge in [-0.05, 0) is 67.1 Å². The Morgan fingerprint density at radius 2 is 1.71 bits per heavy atom. The maximum absolute atomic E-state index is 13.5. The van der Waals surface area contributed by atoms with Gasteiger partial charge in [0.1, 0.15) is 11.5 Å². The van der Waals surface area contributed by atoms with Crippen LogP contribution in [-0.4, -0.2) is 35.6 Å². The highest BCUT2D eigenvalue weighted by Crippen LogP contribution is 2.35. The summed E-state index contributed by atoms with van der Waals surface area (Å²) in [5, 5.41) is 0.645. The predicted molar refractivity (Wildman–Crippen MR) is 151 cm³/mol. The van der Waals surface area contributed by atoms with Crippen LogP contribution in [0.3, 0.4) is 0 Å². The molecule has 1 amide bonds. The number of furan rings is 1. The van der Waals surface area contributed by atoms with E-state index in [1.807, 2.05) is 61.5 Å². The molecule has 0 radical (unpaired) electrons. The fraction of sp³-hybridized carbons (Fsp3) is 0.129. The quantitative estimate of drug-likeness (QED) is 0.195. The summed E-state index contributed by atoms with van der Waals surface area (Å²) in [4.78, 5) is 32.2. The molecule has 7 heteroatoms. The second kappa shape index (κ2) is 11.4. The summed E-state index contributed by atoms with van der Waals surface area (Å²) in [5.41, 5.74) is 4.39. The zero-order chi connectivity index (χ0) is 26.5. The van der Waals surface area contributed by atoms with E-state index in [1.54, 1.807) is 35.2 Å². The van der Waals surface area contributed by atoms with E-state index < -0.39 is 5.97 Å². The van der Waals surface area contributed by atoms with E-state index in [-0.39, 0.29) is 5.91 Å². The molecule has 4 aromatic rings. The van der Waals surface area contributed by atoms with Gasteiger partial charge in [0.05, 0.1) is 23.3 Å². The van der Waals surface area contributed by atoms with Gasteiger partial charge in [-0.25, -0.2) is 9.79 Å². The monoisotopic (exact) mass is 522 g/mol. The van der Waals surface area contributed by atoms with Gasteiger partial charge < -0.3 is 9.15 Å². The number of rotatable bonds is 7. The topological polar surface area (TPSA) is 72.1 Å². The van der Waals surface area contributed by atoms with Crippen LogP contribution in [0.2, 0.25) is 0 Å². The highest BCUT2D eigenvalue weighted by atomic mass is 32.2. The van der Waals surface area contributed by atoms with Gasteiger partial charge in [0.25, 0.3) is 5.91 Å². The number of thioether (sulfide) groups is 1. The fourth-order valence-corrected chi connectivity index (χ4v) is 5.01. The van der Waals surface area contributed by atoms with E-state index >= 15 is 0 Å². The molecule has 0 N–H and O–H groups in total. The molecule has 0 saturated carbocycles. The third-order valence-electron chi connectivity index (χ3n) is 6.10. The Balaban J connectivity index is 1.39. The minimum atomic E-state index is -0.391. The average molecular weight is 523 g/mol. The second-order valence-corrected chi connectivity index (χ2v) is 9.81. The number of ether oxygens (including phenoxy) is 1. The number of aliphatic imine (C=N–C) groups is 1. The van der Waals surface area contributed by atoms with Crippen molar-refractivity contribution < 1.29 is 18.7 Å². The SMILES string of the molecule is COC(=O)c1ccc(-c2ccc(/C=C3/SC(=Nc4ccc(C)cc4)N(CCc4ccccc4)C3=O)o2)cc1. The Kier molecular flexibility index (Phi) is 7.56. The maximum Gasteiger partial charge on any atom is 0.337 e. The number of carbonyl (C=O) groups is 2. The van der Waals surface area contributed by atoms with Crippen molar-refractivity contribution >= 4 is 40.6 Å². The van der Waals surface area contributed by atoms with E-state index in [1.165, 1.54) is 18.9 Å². The van der Waals surface area contributed by atoms with Crippen LogP contribution in [0.5, 0.6) is 0 Å². The van der Waals surface area contributed by atoms with Crippen LogP contribution in [0.4, 0.5) is 5.69 Å². The fourth-order valence-electron chi connectivity index (χ4n) is 4.01. The lowest BCUT2D eigenvalue weighted by atomic mass is 10.1. The third-order valence-corrected chi connectivity index (χ3v) is 7.11. The summed E-state index contributed by atoms with van der Waals surface area (Å²) in [6, 6.07) is 28.7. The number of hydrogen-bond acceptors (Lipinski definition) is 6. The van der Waals surface area contributed by atoms with Gasteiger partial charge in [-0.3, -0.25) is 9.69 Å². The number of esters is 1. The van der Waals surface area contributed by atoms with Gasteiger partial charge in [-0.2, -0.15) is 0 Å². The Morgan fingerprint density at radius 1 is 0.974 bits per heavy atom. The summed E-state index contributed by atoms with van der Waals surface area (Å²) in [5.74, 6) is 0.709. The van der Waals surface area contributed by atoms with Crippen molar-refractivity contribution in [3.05, 3.63) is 118 Å². The molecular weight excluding hydrogens is 496 g/mol. The number of carbonyl (C=O) groups excluding carboxylic acids is 2. The molecule has 3 aromatic carbocycles. The summed E-state index contributed by atoms with van der Waals surface area (Å²) in [7, 11) is 1.35. The Bertz CT molecular complexity index is 1500. The van der Waals surface area contributed by atoms with Crippen molar-refractivity contribution in [2.24, 2.45) is 4.99 Å². The zero-order valence-electron chi connectivity index (χ0n) is 21.1. The van der Waals surface area contributed by atoms with Gasteiger partial charge in [0.15, 0.2) is 5.17 Å². The second-order valence-electron chi connectivity index (χ2n) is 8.80. The molecule has 0 unspecified atom stereocenters. The highest BCUT2D eigenvalue weighted by Gasteiger charge is 2.33. The van der Waals surface area contributed by atoms with Crippen LogP contribution in [0.25, 0.3) is 17.4 Å². The molecule has 2 heterocycles. The molecule has 38 heavy (non-hydrogen) atoms. The summed E-state index contributed by atoms with van der Waals surface area (Å²) >= 11 is 1.34. The first-order chi connectivity index (χ1) is 18.5. The first-order valence-corrected chi connectivity index (χ1v) is 13.0. The molecule has 0 spiro atoms. The largest absolute Gasteiger partial charge is 0.465 e. The van der Waals surface area contributed by atoms with E-state index in [9.17, 15) is 9.59 Å². The van der Waals surface area contributed by atoms with Gasteiger partial charge in [-0.1, -0.05) is 60.2 Å². The lowest BCUT2D eigenvalue weighted by Gasteiger charge is -2.15. The summed E-state index contributed by atoms with van der Waals surface area (Å²) in [6.07, 6.45) is 2.48. The van der Waals surface area contributed by atoms with Crippen molar-refractivity contribution in [3.63, 3.8) is 0 Å². The molecule has 0 aliphatic carbocycles. The molecule has 1 aliphatic rings. The molecule has 0 bridgehead atoms. The Hall–Kier alpha value is -4.36. The molecule has 5 rings (SSSR count). The van der Waals surface area contributed by atoms with Crippen LogP contribution >= 0.6 is 11.8 Å². The molecule has 0 atom stereocenters. The molecule has 190 valence electrons. The van der Waals surface area contributed by atoms with Gasteiger partial charge in [-0.15, -0.1) is 0 Å². The summed E-state index contributed by atoms with van der Waals surface area (Å²) in [6.45, 7) is 2.55. The standard InChI is InChI=1S/C31H26N2O4S/c1-21-8-14-25(15-9-21)32-31-33(19-18-22-6-4-3-5-7-22)29(34)28(38-31)20-26-16-17-27(37-26)23-10-12-24(13-11-23)30(35)36-2/h3-17,20H,18-19H2,1-2H3/b28-20+,32-31?. The molecule has 1 aliphatic heterocycles. The molecule has 6 nitrogen and oxygen atoms in total. The zero-order valence-corrected chi connectivity index (χ0v) is 21.9. The number of methoxy groups -OCH3 is 1.